The number of carbonyl (C=O) groups is 1. The number of anilines is 2. The smallest absolute Gasteiger partial charge is 0.258 e. The number of halogens is 2. The highest BCUT2D eigenvalue weighted by Crippen LogP contribution is 2.20. The van der Waals surface area contributed by atoms with E-state index < -0.39 is 17.5 Å². The Bertz CT molecular complexity index is 657. The Morgan fingerprint density at radius 1 is 1.19 bits per heavy atom. The minimum absolute atomic E-state index is 0.284. The lowest BCUT2D eigenvalue weighted by molar-refractivity contribution is 0.102. The Morgan fingerprint density at radius 2 is 1.86 bits per heavy atom. The van der Waals surface area contributed by atoms with E-state index in [0.29, 0.717) is 24.1 Å². The van der Waals surface area contributed by atoms with E-state index in [-0.39, 0.29) is 11.3 Å². The first-order valence-corrected chi connectivity index (χ1v) is 6.30. The van der Waals surface area contributed by atoms with Gasteiger partial charge in [-0.2, -0.15) is 0 Å². The van der Waals surface area contributed by atoms with Crippen molar-refractivity contribution >= 4 is 17.3 Å². The molecule has 0 aliphatic rings. The molecule has 21 heavy (non-hydrogen) atoms. The van der Waals surface area contributed by atoms with Gasteiger partial charge in [0, 0.05) is 11.8 Å². The zero-order valence-corrected chi connectivity index (χ0v) is 11.3. The highest BCUT2D eigenvalue weighted by molar-refractivity contribution is 6.05. The summed E-state index contributed by atoms with van der Waals surface area (Å²) >= 11 is 0. The first kappa shape index (κ1) is 14.8. The van der Waals surface area contributed by atoms with Crippen molar-refractivity contribution in [1.29, 1.82) is 0 Å². The summed E-state index contributed by atoms with van der Waals surface area (Å²) in [5.41, 5.74) is 5.20. The lowest BCUT2D eigenvalue weighted by Gasteiger charge is -2.08. The number of benzene rings is 2. The summed E-state index contributed by atoms with van der Waals surface area (Å²) in [7, 11) is 0. The molecule has 6 heteroatoms. The first-order chi connectivity index (χ1) is 10.0. The molecule has 1 amide bonds. The Morgan fingerprint density at radius 3 is 2.48 bits per heavy atom. The second-order valence-electron chi connectivity index (χ2n) is 4.27. The van der Waals surface area contributed by atoms with Crippen molar-refractivity contribution in [3.8, 4) is 5.75 Å². The van der Waals surface area contributed by atoms with Crippen LogP contribution in [0.15, 0.2) is 36.4 Å². The highest BCUT2D eigenvalue weighted by atomic mass is 19.1. The van der Waals surface area contributed by atoms with E-state index in [0.717, 1.165) is 6.07 Å². The summed E-state index contributed by atoms with van der Waals surface area (Å²) in [6.07, 6.45) is 0. The van der Waals surface area contributed by atoms with E-state index in [2.05, 4.69) is 5.32 Å². The maximum absolute atomic E-state index is 13.6. The number of ether oxygens (including phenoxy) is 1. The van der Waals surface area contributed by atoms with Gasteiger partial charge in [0.25, 0.3) is 5.91 Å². The van der Waals surface area contributed by atoms with Crippen LogP contribution in [0.1, 0.15) is 17.3 Å². The van der Waals surface area contributed by atoms with E-state index in [4.69, 9.17) is 10.5 Å². The predicted molar refractivity (Wildman–Crippen MR) is 76.3 cm³/mol. The maximum atomic E-state index is 13.6. The number of rotatable bonds is 4. The van der Waals surface area contributed by atoms with Crippen LogP contribution >= 0.6 is 0 Å². The van der Waals surface area contributed by atoms with Crippen LogP contribution in [-0.4, -0.2) is 12.5 Å². The summed E-state index contributed by atoms with van der Waals surface area (Å²) < 4.78 is 31.9. The molecule has 3 N–H and O–H groups in total. The average molecular weight is 292 g/mol. The summed E-state index contributed by atoms with van der Waals surface area (Å²) in [5, 5.41) is 2.50. The molecular weight excluding hydrogens is 278 g/mol. The number of hydrogen-bond acceptors (Lipinski definition) is 3. The maximum Gasteiger partial charge on any atom is 0.258 e. The molecule has 0 bridgehead atoms. The third-order valence-electron chi connectivity index (χ3n) is 2.75. The molecule has 110 valence electrons. The fourth-order valence-corrected chi connectivity index (χ4v) is 1.74. The molecule has 0 aliphatic carbocycles. The van der Waals surface area contributed by atoms with Crippen LogP contribution in [0.5, 0.6) is 5.75 Å². The average Bonchev–Trinajstić information content (AvgIpc) is 2.45. The van der Waals surface area contributed by atoms with Crippen molar-refractivity contribution in [2.75, 3.05) is 17.7 Å². The van der Waals surface area contributed by atoms with Gasteiger partial charge in [0.1, 0.15) is 17.4 Å². The van der Waals surface area contributed by atoms with Gasteiger partial charge < -0.3 is 15.8 Å². The molecule has 0 aliphatic heterocycles. The van der Waals surface area contributed by atoms with E-state index >= 15 is 0 Å². The second kappa shape index (κ2) is 6.21. The van der Waals surface area contributed by atoms with Crippen LogP contribution in [-0.2, 0) is 0 Å². The normalized spacial score (nSPS) is 10.2. The molecule has 2 rings (SSSR count). The van der Waals surface area contributed by atoms with Crippen molar-refractivity contribution in [2.24, 2.45) is 0 Å². The SMILES string of the molecule is CCOc1ccc(NC(=O)c2cc(N)c(F)cc2F)cc1. The summed E-state index contributed by atoms with van der Waals surface area (Å²) in [6, 6.07) is 8.14. The van der Waals surface area contributed by atoms with Crippen LogP contribution in [0.25, 0.3) is 0 Å². The molecule has 2 aromatic rings. The number of amides is 1. The zero-order valence-electron chi connectivity index (χ0n) is 11.3. The third-order valence-corrected chi connectivity index (χ3v) is 2.75. The summed E-state index contributed by atoms with van der Waals surface area (Å²) in [5.74, 6) is -1.91. The number of nitrogen functional groups attached to an aromatic ring is 1. The van der Waals surface area contributed by atoms with Gasteiger partial charge in [-0.05, 0) is 37.3 Å². The number of hydrogen-bond donors (Lipinski definition) is 2. The molecule has 0 spiro atoms. The highest BCUT2D eigenvalue weighted by Gasteiger charge is 2.15. The Hall–Kier alpha value is -2.63. The molecule has 4 nitrogen and oxygen atoms in total. The third kappa shape index (κ3) is 3.47. The van der Waals surface area contributed by atoms with Gasteiger partial charge in [-0.15, -0.1) is 0 Å². The molecule has 0 saturated carbocycles. The Kier molecular flexibility index (Phi) is 4.37. The zero-order chi connectivity index (χ0) is 15.4. The van der Waals surface area contributed by atoms with Crippen molar-refractivity contribution < 1.29 is 18.3 Å². The molecule has 0 fully saturated rings. The van der Waals surface area contributed by atoms with Crippen molar-refractivity contribution in [1.82, 2.24) is 0 Å². The van der Waals surface area contributed by atoms with Gasteiger partial charge in [-0.3, -0.25) is 4.79 Å². The van der Waals surface area contributed by atoms with Gasteiger partial charge in [0.05, 0.1) is 17.9 Å². The van der Waals surface area contributed by atoms with Crippen LogP contribution in [0.2, 0.25) is 0 Å². The molecular formula is C15H14F2N2O2. The Balaban J connectivity index is 2.16. The van der Waals surface area contributed by atoms with Gasteiger partial charge in [-0.25, -0.2) is 8.78 Å². The quantitative estimate of drug-likeness (QED) is 0.851. The van der Waals surface area contributed by atoms with Crippen LogP contribution in [0, 0.1) is 11.6 Å². The lowest BCUT2D eigenvalue weighted by Crippen LogP contribution is -2.14. The molecule has 0 unspecified atom stereocenters. The summed E-state index contributed by atoms with van der Waals surface area (Å²) in [4.78, 5) is 11.9. The van der Waals surface area contributed by atoms with Gasteiger partial charge in [0.2, 0.25) is 0 Å². The van der Waals surface area contributed by atoms with Crippen molar-refractivity contribution in [3.05, 3.63) is 53.6 Å². The number of nitrogens with one attached hydrogen (secondary N) is 1. The summed E-state index contributed by atoms with van der Waals surface area (Å²) in [6.45, 7) is 2.39. The van der Waals surface area contributed by atoms with Gasteiger partial charge >= 0.3 is 0 Å². The Labute approximate surface area is 120 Å². The first-order valence-electron chi connectivity index (χ1n) is 6.30. The molecule has 0 saturated heterocycles. The van der Waals surface area contributed by atoms with E-state index in [1.165, 1.54) is 0 Å². The van der Waals surface area contributed by atoms with E-state index in [1.807, 2.05) is 6.92 Å². The second-order valence-corrected chi connectivity index (χ2v) is 4.27. The number of nitrogens with two attached hydrogens (primary N) is 1. The largest absolute Gasteiger partial charge is 0.494 e. The van der Waals surface area contributed by atoms with E-state index in [9.17, 15) is 13.6 Å². The van der Waals surface area contributed by atoms with Gasteiger partial charge in [0.15, 0.2) is 0 Å². The monoisotopic (exact) mass is 292 g/mol. The van der Waals surface area contributed by atoms with Crippen LogP contribution < -0.4 is 15.8 Å². The molecule has 0 heterocycles. The minimum atomic E-state index is -0.967. The molecule has 0 radical (unpaired) electrons. The molecule has 0 atom stereocenters. The van der Waals surface area contributed by atoms with Crippen LogP contribution in [0.4, 0.5) is 20.2 Å². The fraction of sp³-hybridized carbons (Fsp3) is 0.133. The van der Waals surface area contributed by atoms with Crippen molar-refractivity contribution in [2.45, 2.75) is 6.92 Å². The fourth-order valence-electron chi connectivity index (χ4n) is 1.74. The number of carbonyl (C=O) groups excluding carboxylic acids is 1. The lowest BCUT2D eigenvalue weighted by atomic mass is 10.1. The van der Waals surface area contributed by atoms with Gasteiger partial charge in [-0.1, -0.05) is 0 Å². The van der Waals surface area contributed by atoms with Crippen molar-refractivity contribution in [3.63, 3.8) is 0 Å². The standard InChI is InChI=1S/C15H14F2N2O2/c1-2-21-10-5-3-9(4-6-10)19-15(20)11-7-14(18)13(17)8-12(11)16/h3-8H,2,18H2,1H3,(H,19,20). The van der Waals surface area contributed by atoms with E-state index in [1.54, 1.807) is 24.3 Å². The minimum Gasteiger partial charge on any atom is -0.494 e. The molecule has 2 aromatic carbocycles. The predicted octanol–water partition coefficient (Wildman–Crippen LogP) is 3.20. The molecule has 0 aromatic heterocycles. The van der Waals surface area contributed by atoms with Crippen LogP contribution in [0.3, 0.4) is 0 Å². The topological polar surface area (TPSA) is 64.3 Å².